The van der Waals surface area contributed by atoms with E-state index in [2.05, 4.69) is 180 Å². The highest BCUT2D eigenvalue weighted by molar-refractivity contribution is 7.91. The van der Waals surface area contributed by atoms with Crippen molar-refractivity contribution in [2.24, 2.45) is 0 Å². The third kappa shape index (κ3) is 3.69. The van der Waals surface area contributed by atoms with Crippen LogP contribution in [0, 0.1) is 0 Å². The predicted molar refractivity (Wildman–Crippen MR) is 225 cm³/mol. The van der Waals surface area contributed by atoms with Gasteiger partial charge in [-0.2, -0.15) is 0 Å². The molecule has 2 aromatic heterocycles. The number of thiophene rings is 1. The maximum Gasteiger partial charge on any atom is 0.239 e. The van der Waals surface area contributed by atoms with Crippen LogP contribution in [0.4, 0.5) is 0 Å². The van der Waals surface area contributed by atoms with Crippen LogP contribution in [-0.2, 0) is 5.41 Å². The molecule has 0 saturated heterocycles. The van der Waals surface area contributed by atoms with Crippen LogP contribution >= 0.6 is 18.8 Å². The molecule has 53 heavy (non-hydrogen) atoms. The van der Waals surface area contributed by atoms with Crippen molar-refractivity contribution in [1.82, 2.24) is 4.57 Å². The van der Waals surface area contributed by atoms with Gasteiger partial charge in [0.25, 0.3) is 0 Å². The van der Waals surface area contributed by atoms with Crippen molar-refractivity contribution in [2.45, 2.75) is 5.41 Å². The number of para-hydroxylation sites is 3. The van der Waals surface area contributed by atoms with Crippen molar-refractivity contribution >= 4 is 76.7 Å². The highest BCUT2D eigenvalue weighted by Gasteiger charge is 2.60. The van der Waals surface area contributed by atoms with Gasteiger partial charge in [0.05, 0.1) is 22.1 Å². The molecule has 1 spiro atoms. The van der Waals surface area contributed by atoms with Crippen LogP contribution in [0.25, 0.3) is 58.8 Å². The summed E-state index contributed by atoms with van der Waals surface area (Å²) in [6, 6.07) is 66.3. The van der Waals surface area contributed by atoms with Crippen LogP contribution in [0.15, 0.2) is 182 Å². The molecule has 10 aromatic rings. The fourth-order valence-electron chi connectivity index (χ4n) is 9.76. The highest BCUT2D eigenvalue weighted by Crippen LogP contribution is 2.64. The first-order valence-corrected chi connectivity index (χ1v) is 20.7. The lowest BCUT2D eigenvalue weighted by atomic mass is 9.62. The van der Waals surface area contributed by atoms with Crippen LogP contribution in [-0.4, -0.2) is 9.46 Å². The second-order valence-corrected chi connectivity index (χ2v) is 18.2. The lowest BCUT2D eigenvalue weighted by Gasteiger charge is -2.46. The topological polar surface area (TPSA) is 25.2 Å². The van der Waals surface area contributed by atoms with Gasteiger partial charge in [-0.15, -0.1) is 11.3 Å². The van der Waals surface area contributed by atoms with Crippen molar-refractivity contribution in [3.05, 3.63) is 204 Å². The minimum Gasteiger partial charge on any atom is -0.309 e. The monoisotopic (exact) mass is 712 g/mol. The Balaban J connectivity index is 1.26. The molecule has 8 aromatic carbocycles. The smallest absolute Gasteiger partial charge is 0.239 e. The zero-order valence-electron chi connectivity index (χ0n) is 28.6. The van der Waals surface area contributed by atoms with Crippen LogP contribution in [0.1, 0.15) is 22.3 Å². The lowest BCUT2D eigenvalue weighted by molar-refractivity contribution is 0.626. The molecular formula is C49H31NOPS+. The van der Waals surface area contributed by atoms with Gasteiger partial charge in [0.2, 0.25) is 7.49 Å². The molecule has 2 nitrogen and oxygen atoms in total. The molecule has 0 aliphatic carbocycles. The Bertz CT molecular complexity index is 3160. The quantitative estimate of drug-likeness (QED) is 0.177. The largest absolute Gasteiger partial charge is 0.309 e. The van der Waals surface area contributed by atoms with Crippen LogP contribution in [0.3, 0.4) is 0 Å². The Labute approximate surface area is 311 Å². The SMILES string of the molecule is O[P+]1(c2ccccc2)c2ccccc2C2(c3ccccc3-n3c4ccccc4c4cccc2c43)c2cc(-c3ccc4sc5ccccc5c4c3)ccc21. The molecule has 2 aliphatic rings. The standard InChI is InChI=1S/C49H31NOPS/c51-52(33-13-2-1-3-14-33)44-23-10-7-19-39(44)49(38-18-6-9-22-43(38)50-42-21-8-4-15-34(42)36-17-12-20-40(49)48(36)50)41-30-32(25-27-45(41)52)31-26-28-47-37(29-31)35-16-5-11-24-46(35)53-47/h1-30,51H/q+1. The van der Waals surface area contributed by atoms with E-state index in [9.17, 15) is 4.89 Å². The van der Waals surface area contributed by atoms with Gasteiger partial charge in [-0.05, 0) is 82.9 Å². The van der Waals surface area contributed by atoms with Gasteiger partial charge in [-0.1, -0.05) is 121 Å². The minimum atomic E-state index is -3.07. The van der Waals surface area contributed by atoms with Crippen LogP contribution in [0.5, 0.6) is 0 Å². The molecule has 4 heterocycles. The summed E-state index contributed by atoms with van der Waals surface area (Å²) in [5, 5.41) is 8.08. The van der Waals surface area contributed by atoms with Gasteiger partial charge in [-0.3, -0.25) is 0 Å². The summed E-state index contributed by atoms with van der Waals surface area (Å²) in [7, 11) is -3.07. The molecule has 12 rings (SSSR count). The molecule has 2 atom stereocenters. The second-order valence-electron chi connectivity index (χ2n) is 14.4. The van der Waals surface area contributed by atoms with Crippen molar-refractivity contribution in [3.8, 4) is 16.8 Å². The number of benzene rings is 8. The lowest BCUT2D eigenvalue weighted by Crippen LogP contribution is -2.50. The third-order valence-corrected chi connectivity index (χ3v) is 16.3. The van der Waals surface area contributed by atoms with Gasteiger partial charge >= 0.3 is 0 Å². The third-order valence-electron chi connectivity index (χ3n) is 11.9. The Kier molecular flexibility index (Phi) is 5.96. The molecule has 1 N–H and O–H groups in total. The summed E-state index contributed by atoms with van der Waals surface area (Å²) in [4.78, 5) is 13.6. The molecule has 4 heteroatoms. The van der Waals surface area contributed by atoms with Crippen molar-refractivity contribution < 1.29 is 4.89 Å². The summed E-state index contributed by atoms with van der Waals surface area (Å²) >= 11 is 1.85. The van der Waals surface area contributed by atoms with E-state index < -0.39 is 12.9 Å². The van der Waals surface area contributed by atoms with E-state index in [1.54, 1.807) is 0 Å². The van der Waals surface area contributed by atoms with Gasteiger partial charge < -0.3 is 4.57 Å². The Morgan fingerprint density at radius 1 is 0.453 bits per heavy atom. The van der Waals surface area contributed by atoms with Crippen molar-refractivity contribution in [2.75, 3.05) is 0 Å². The van der Waals surface area contributed by atoms with Crippen molar-refractivity contribution in [1.29, 1.82) is 0 Å². The van der Waals surface area contributed by atoms with E-state index in [1.165, 1.54) is 64.4 Å². The molecule has 0 radical (unpaired) electrons. The van der Waals surface area contributed by atoms with Gasteiger partial charge in [0.15, 0.2) is 0 Å². The van der Waals surface area contributed by atoms with Gasteiger partial charge in [0.1, 0.15) is 15.9 Å². The summed E-state index contributed by atoms with van der Waals surface area (Å²) < 4.78 is 5.08. The Hall–Kier alpha value is -5.83. The predicted octanol–water partition coefficient (Wildman–Crippen LogP) is 11.0. The zero-order valence-corrected chi connectivity index (χ0v) is 30.3. The fourth-order valence-corrected chi connectivity index (χ4v) is 14.0. The molecule has 0 fully saturated rings. The first-order chi connectivity index (χ1) is 26.2. The minimum absolute atomic E-state index is 0.692. The van der Waals surface area contributed by atoms with E-state index in [0.717, 1.165) is 32.6 Å². The van der Waals surface area contributed by atoms with Crippen LogP contribution < -0.4 is 15.9 Å². The molecule has 248 valence electrons. The van der Waals surface area contributed by atoms with E-state index >= 15 is 0 Å². The molecule has 0 saturated carbocycles. The molecule has 2 aliphatic heterocycles. The van der Waals surface area contributed by atoms with Gasteiger partial charge in [-0.25, -0.2) is 4.89 Å². The summed E-state index contributed by atoms with van der Waals surface area (Å²) in [5.41, 5.74) is 10.0. The van der Waals surface area contributed by atoms with E-state index in [4.69, 9.17) is 0 Å². The first kappa shape index (κ1) is 29.7. The van der Waals surface area contributed by atoms with Crippen LogP contribution in [0.2, 0.25) is 0 Å². The maximum atomic E-state index is 13.6. The zero-order chi connectivity index (χ0) is 34.9. The molecule has 0 amide bonds. The fraction of sp³-hybridized carbons (Fsp3) is 0.0204. The van der Waals surface area contributed by atoms with E-state index in [0.29, 0.717) is 0 Å². The number of hydrogen-bond donors (Lipinski definition) is 1. The summed E-state index contributed by atoms with van der Waals surface area (Å²) in [6.07, 6.45) is 0. The number of aromatic nitrogens is 1. The molecular weight excluding hydrogens is 682 g/mol. The average molecular weight is 713 g/mol. The van der Waals surface area contributed by atoms with Crippen molar-refractivity contribution in [3.63, 3.8) is 0 Å². The van der Waals surface area contributed by atoms with E-state index in [1.807, 2.05) is 17.4 Å². The number of fused-ring (bicyclic) bond motifs is 14. The average Bonchev–Trinajstić information content (AvgIpc) is 3.77. The molecule has 2 unspecified atom stereocenters. The number of rotatable bonds is 2. The second kappa shape index (κ2) is 10.6. The van der Waals surface area contributed by atoms with Gasteiger partial charge in [0, 0.05) is 42.1 Å². The summed E-state index contributed by atoms with van der Waals surface area (Å²) in [5.74, 6) is 0. The first-order valence-electron chi connectivity index (χ1n) is 18.1. The maximum absolute atomic E-state index is 13.6. The summed E-state index contributed by atoms with van der Waals surface area (Å²) in [6.45, 7) is 0. The Morgan fingerprint density at radius 2 is 1.09 bits per heavy atom. The number of nitrogens with zero attached hydrogens (tertiary/aromatic N) is 1. The number of hydrogen-bond acceptors (Lipinski definition) is 2. The highest BCUT2D eigenvalue weighted by atomic mass is 32.1. The Morgan fingerprint density at radius 3 is 2.00 bits per heavy atom. The molecule has 0 bridgehead atoms. The van der Waals surface area contributed by atoms with E-state index in [-0.39, 0.29) is 0 Å². The normalized spacial score (nSPS) is 18.4.